The largest absolute Gasteiger partial charge is 0.481 e. The number of carboxylic acids is 1. The van der Waals surface area contributed by atoms with E-state index in [-0.39, 0.29) is 6.61 Å². The Morgan fingerprint density at radius 1 is 1.56 bits per heavy atom. The first kappa shape index (κ1) is 14.5. The minimum Gasteiger partial charge on any atom is -0.481 e. The fraction of sp³-hybridized carbons (Fsp3) is 0.667. The molecule has 0 aromatic carbocycles. The predicted octanol–water partition coefficient (Wildman–Crippen LogP) is 1.17. The van der Waals surface area contributed by atoms with Crippen molar-refractivity contribution in [3.05, 3.63) is 12.7 Å². The summed E-state index contributed by atoms with van der Waals surface area (Å²) in [6, 6.07) is -0.517. The summed E-state index contributed by atoms with van der Waals surface area (Å²) in [5.41, 5.74) is -0.981. The Morgan fingerprint density at radius 3 is 2.67 bits per heavy atom. The molecule has 1 amide bonds. The molecule has 1 aliphatic rings. The molecule has 0 radical (unpaired) electrons. The first-order chi connectivity index (χ1) is 8.53. The number of carboxylic acid groups (broad SMARTS) is 1. The van der Waals surface area contributed by atoms with Crippen LogP contribution in [-0.4, -0.2) is 43.0 Å². The second-order valence-corrected chi connectivity index (χ2v) is 4.33. The number of carbonyl (C=O) groups excluding carboxylic acids is 1. The summed E-state index contributed by atoms with van der Waals surface area (Å²) >= 11 is 0. The smallest absolute Gasteiger partial charge is 0.407 e. The summed E-state index contributed by atoms with van der Waals surface area (Å²) in [6.07, 6.45) is 1.58. The van der Waals surface area contributed by atoms with Crippen molar-refractivity contribution >= 4 is 12.1 Å². The van der Waals surface area contributed by atoms with Gasteiger partial charge in [0.1, 0.15) is 6.61 Å². The van der Waals surface area contributed by atoms with E-state index in [0.29, 0.717) is 26.1 Å². The van der Waals surface area contributed by atoms with Crippen molar-refractivity contribution in [1.29, 1.82) is 0 Å². The Balaban J connectivity index is 2.65. The van der Waals surface area contributed by atoms with Crippen molar-refractivity contribution in [2.45, 2.75) is 25.8 Å². The zero-order chi connectivity index (χ0) is 13.6. The minimum absolute atomic E-state index is 0.0989. The second-order valence-electron chi connectivity index (χ2n) is 4.33. The molecule has 1 aliphatic heterocycles. The molecule has 1 saturated heterocycles. The zero-order valence-corrected chi connectivity index (χ0v) is 10.5. The van der Waals surface area contributed by atoms with Crippen molar-refractivity contribution in [2.24, 2.45) is 5.41 Å². The van der Waals surface area contributed by atoms with Gasteiger partial charge < -0.3 is 19.9 Å². The second kappa shape index (κ2) is 6.39. The van der Waals surface area contributed by atoms with Crippen molar-refractivity contribution in [1.82, 2.24) is 5.32 Å². The topological polar surface area (TPSA) is 84.9 Å². The molecule has 1 heterocycles. The molecule has 18 heavy (non-hydrogen) atoms. The molecule has 102 valence electrons. The van der Waals surface area contributed by atoms with E-state index in [1.54, 1.807) is 6.92 Å². The van der Waals surface area contributed by atoms with Gasteiger partial charge in [0.2, 0.25) is 0 Å². The molecule has 2 N–H and O–H groups in total. The van der Waals surface area contributed by atoms with E-state index in [0.717, 1.165) is 0 Å². The van der Waals surface area contributed by atoms with Crippen LogP contribution >= 0.6 is 0 Å². The fourth-order valence-corrected chi connectivity index (χ4v) is 2.06. The standard InChI is InChI=1S/C12H19NO5/c1-3-6-18-11(16)13-9(2)12(10(14)15)4-7-17-8-5-12/h3,9H,1,4-8H2,2H3,(H,13,16)(H,14,15). The molecule has 6 nitrogen and oxygen atoms in total. The van der Waals surface area contributed by atoms with E-state index in [1.165, 1.54) is 6.08 Å². The maximum atomic E-state index is 11.4. The maximum absolute atomic E-state index is 11.4. The van der Waals surface area contributed by atoms with Crippen molar-refractivity contribution in [2.75, 3.05) is 19.8 Å². The van der Waals surface area contributed by atoms with Gasteiger partial charge in [-0.05, 0) is 19.8 Å². The van der Waals surface area contributed by atoms with E-state index >= 15 is 0 Å². The highest BCUT2D eigenvalue weighted by atomic mass is 16.5. The first-order valence-corrected chi connectivity index (χ1v) is 5.88. The average Bonchev–Trinajstić information content (AvgIpc) is 2.36. The highest BCUT2D eigenvalue weighted by Crippen LogP contribution is 2.34. The van der Waals surface area contributed by atoms with Gasteiger partial charge in [0.05, 0.1) is 5.41 Å². The van der Waals surface area contributed by atoms with Crippen LogP contribution in [0.2, 0.25) is 0 Å². The Morgan fingerprint density at radius 2 is 2.17 bits per heavy atom. The Labute approximate surface area is 106 Å². The highest BCUT2D eigenvalue weighted by Gasteiger charge is 2.45. The van der Waals surface area contributed by atoms with Crippen LogP contribution in [0.4, 0.5) is 4.79 Å². The molecular weight excluding hydrogens is 238 g/mol. The van der Waals surface area contributed by atoms with Crippen LogP contribution in [0, 0.1) is 5.41 Å². The Bertz CT molecular complexity index is 322. The van der Waals surface area contributed by atoms with Crippen LogP contribution in [-0.2, 0) is 14.3 Å². The lowest BCUT2D eigenvalue weighted by Crippen LogP contribution is -2.53. The summed E-state index contributed by atoms with van der Waals surface area (Å²) < 4.78 is 9.96. The average molecular weight is 257 g/mol. The highest BCUT2D eigenvalue weighted by molar-refractivity contribution is 5.77. The molecule has 1 rings (SSSR count). The molecule has 1 unspecified atom stereocenters. The van der Waals surface area contributed by atoms with Gasteiger partial charge in [0.15, 0.2) is 0 Å². The molecular formula is C12H19NO5. The van der Waals surface area contributed by atoms with E-state index in [9.17, 15) is 14.7 Å². The quantitative estimate of drug-likeness (QED) is 0.722. The molecule has 0 aliphatic carbocycles. The maximum Gasteiger partial charge on any atom is 0.407 e. The number of hydrogen-bond donors (Lipinski definition) is 2. The third kappa shape index (κ3) is 3.22. The minimum atomic E-state index is -0.981. The monoisotopic (exact) mass is 257 g/mol. The lowest BCUT2D eigenvalue weighted by Gasteiger charge is -2.38. The number of amides is 1. The molecule has 0 aromatic rings. The van der Waals surface area contributed by atoms with E-state index < -0.39 is 23.5 Å². The normalized spacial score (nSPS) is 19.6. The van der Waals surface area contributed by atoms with Crippen molar-refractivity contribution in [3.8, 4) is 0 Å². The summed E-state index contributed by atoms with van der Waals surface area (Å²) in [4.78, 5) is 22.9. The summed E-state index contributed by atoms with van der Waals surface area (Å²) in [5, 5.41) is 11.9. The van der Waals surface area contributed by atoms with Crippen LogP contribution in [0.1, 0.15) is 19.8 Å². The van der Waals surface area contributed by atoms with Gasteiger partial charge in [0.25, 0.3) is 0 Å². The number of alkyl carbamates (subject to hydrolysis) is 1. The van der Waals surface area contributed by atoms with Gasteiger partial charge in [-0.1, -0.05) is 12.7 Å². The third-order valence-corrected chi connectivity index (χ3v) is 3.31. The van der Waals surface area contributed by atoms with Crippen LogP contribution in [0.3, 0.4) is 0 Å². The summed E-state index contributed by atoms with van der Waals surface area (Å²) in [6.45, 7) is 5.98. The van der Waals surface area contributed by atoms with Gasteiger partial charge in [-0.3, -0.25) is 4.79 Å². The number of hydrogen-bond acceptors (Lipinski definition) is 4. The van der Waals surface area contributed by atoms with Crippen LogP contribution in [0.5, 0.6) is 0 Å². The Hall–Kier alpha value is -1.56. The van der Waals surface area contributed by atoms with E-state index in [1.807, 2.05) is 0 Å². The summed E-state index contributed by atoms with van der Waals surface area (Å²) in [5.74, 6) is -0.915. The number of ether oxygens (including phenoxy) is 2. The van der Waals surface area contributed by atoms with Gasteiger partial charge in [-0.25, -0.2) is 4.79 Å². The molecule has 6 heteroatoms. The number of carbonyl (C=O) groups is 2. The molecule has 0 spiro atoms. The van der Waals surface area contributed by atoms with Crippen molar-refractivity contribution in [3.63, 3.8) is 0 Å². The van der Waals surface area contributed by atoms with Gasteiger partial charge in [-0.15, -0.1) is 0 Å². The third-order valence-electron chi connectivity index (χ3n) is 3.31. The lowest BCUT2D eigenvalue weighted by molar-refractivity contribution is -0.157. The molecule has 0 aromatic heterocycles. The SMILES string of the molecule is C=CCOC(=O)NC(C)C1(C(=O)O)CCOCC1. The van der Waals surface area contributed by atoms with Crippen LogP contribution < -0.4 is 5.32 Å². The van der Waals surface area contributed by atoms with Gasteiger partial charge >= 0.3 is 12.1 Å². The van der Waals surface area contributed by atoms with Crippen molar-refractivity contribution < 1.29 is 24.2 Å². The zero-order valence-electron chi connectivity index (χ0n) is 10.5. The predicted molar refractivity (Wildman–Crippen MR) is 64.3 cm³/mol. The summed E-state index contributed by atoms with van der Waals surface area (Å²) in [7, 11) is 0. The molecule has 1 fully saturated rings. The number of aliphatic carboxylic acids is 1. The van der Waals surface area contributed by atoms with Crippen LogP contribution in [0.15, 0.2) is 12.7 Å². The number of nitrogens with one attached hydrogen (secondary N) is 1. The molecule has 0 bridgehead atoms. The lowest BCUT2D eigenvalue weighted by atomic mass is 9.74. The molecule has 1 atom stereocenters. The first-order valence-electron chi connectivity index (χ1n) is 5.88. The van der Waals surface area contributed by atoms with Crippen LogP contribution in [0.25, 0.3) is 0 Å². The number of rotatable bonds is 5. The van der Waals surface area contributed by atoms with E-state index in [2.05, 4.69) is 11.9 Å². The van der Waals surface area contributed by atoms with Gasteiger partial charge in [-0.2, -0.15) is 0 Å². The Kier molecular flexibility index (Phi) is 5.15. The molecule has 0 saturated carbocycles. The van der Waals surface area contributed by atoms with Gasteiger partial charge in [0, 0.05) is 19.3 Å². The fourth-order valence-electron chi connectivity index (χ4n) is 2.06. The van der Waals surface area contributed by atoms with E-state index in [4.69, 9.17) is 9.47 Å².